The largest absolute Gasteiger partial charge is 0.206 e. The number of benzene rings is 6. The van der Waals surface area contributed by atoms with Crippen LogP contribution in [0.3, 0.4) is 0 Å². The van der Waals surface area contributed by atoms with Crippen LogP contribution in [0.25, 0.3) is 44.5 Å². The Labute approximate surface area is 262 Å². The van der Waals surface area contributed by atoms with E-state index in [1.54, 1.807) is 72.8 Å². The van der Waals surface area contributed by atoms with Gasteiger partial charge >= 0.3 is 0 Å². The molecule has 216 valence electrons. The third-order valence-corrected chi connectivity index (χ3v) is 8.32. The lowest BCUT2D eigenvalue weighted by molar-refractivity contribution is 0.631. The van der Waals surface area contributed by atoms with Gasteiger partial charge in [-0.05, 0) is 112 Å². The highest BCUT2D eigenvalue weighted by Crippen LogP contribution is 2.32. The summed E-state index contributed by atoms with van der Waals surface area (Å²) in [5.41, 5.74) is 11.6. The second kappa shape index (κ2) is 12.4. The van der Waals surface area contributed by atoms with Crippen molar-refractivity contribution in [2.24, 2.45) is 0 Å². The van der Waals surface area contributed by atoms with Crippen molar-refractivity contribution < 1.29 is 8.78 Å². The summed E-state index contributed by atoms with van der Waals surface area (Å²) >= 11 is 0. The monoisotopic (exact) mass is 586 g/mol. The zero-order chi connectivity index (χ0) is 31.5. The fourth-order valence-corrected chi connectivity index (χ4v) is 5.66. The van der Waals surface area contributed by atoms with Crippen LogP contribution in [0.4, 0.5) is 8.78 Å². The molecule has 0 radical (unpaired) electrons. The van der Waals surface area contributed by atoms with Crippen molar-refractivity contribution in [1.29, 1.82) is 10.5 Å². The van der Waals surface area contributed by atoms with E-state index in [1.165, 1.54) is 11.1 Å². The van der Waals surface area contributed by atoms with Crippen molar-refractivity contribution in [3.63, 3.8) is 0 Å². The second-order valence-electron chi connectivity index (χ2n) is 11.2. The molecule has 0 fully saturated rings. The van der Waals surface area contributed by atoms with E-state index in [1.807, 2.05) is 24.3 Å². The van der Waals surface area contributed by atoms with Crippen LogP contribution in [0.1, 0.15) is 33.4 Å². The molecule has 6 aromatic carbocycles. The topological polar surface area (TPSA) is 47.6 Å². The van der Waals surface area contributed by atoms with Crippen LogP contribution in [0, 0.1) is 48.1 Å². The third-order valence-electron chi connectivity index (χ3n) is 8.32. The van der Waals surface area contributed by atoms with Crippen molar-refractivity contribution in [3.8, 4) is 56.6 Å². The van der Waals surface area contributed by atoms with E-state index in [-0.39, 0.29) is 11.6 Å². The van der Waals surface area contributed by atoms with Gasteiger partial charge in [-0.3, -0.25) is 0 Å². The van der Waals surface area contributed by atoms with Crippen LogP contribution in [-0.2, 0) is 6.42 Å². The van der Waals surface area contributed by atoms with Gasteiger partial charge in [0.15, 0.2) is 0 Å². The zero-order valence-corrected chi connectivity index (χ0v) is 24.9. The minimum absolute atomic E-state index is 0.307. The summed E-state index contributed by atoms with van der Waals surface area (Å²) < 4.78 is 30.2. The number of nitriles is 2. The highest BCUT2D eigenvalue weighted by Gasteiger charge is 2.12. The first kappa shape index (κ1) is 29.2. The molecule has 6 aromatic rings. The van der Waals surface area contributed by atoms with Crippen molar-refractivity contribution >= 4 is 0 Å². The van der Waals surface area contributed by atoms with Gasteiger partial charge in [-0.2, -0.15) is 10.5 Å². The van der Waals surface area contributed by atoms with E-state index in [0.29, 0.717) is 22.3 Å². The van der Waals surface area contributed by atoms with Gasteiger partial charge in [0.05, 0.1) is 23.3 Å². The number of hydrogen-bond donors (Lipinski definition) is 0. The molecule has 0 heterocycles. The Balaban J connectivity index is 1.19. The summed E-state index contributed by atoms with van der Waals surface area (Å²) in [5.74, 6) is -0.614. The van der Waals surface area contributed by atoms with Crippen LogP contribution in [0.2, 0.25) is 0 Å². The number of hydrogen-bond acceptors (Lipinski definition) is 2. The molecule has 0 unspecified atom stereocenters. The number of nitrogens with zero attached hydrogens (tertiary/aromatic N) is 2. The predicted molar refractivity (Wildman–Crippen MR) is 176 cm³/mol. The van der Waals surface area contributed by atoms with Crippen molar-refractivity contribution in [2.45, 2.75) is 20.3 Å². The maximum Gasteiger partial charge on any atom is 0.131 e. The Bertz CT molecular complexity index is 1980. The van der Waals surface area contributed by atoms with Crippen LogP contribution in [0.15, 0.2) is 121 Å². The van der Waals surface area contributed by atoms with Gasteiger partial charge in [-0.25, -0.2) is 8.78 Å². The molecule has 2 nitrogen and oxygen atoms in total. The fourth-order valence-electron chi connectivity index (χ4n) is 5.66. The predicted octanol–water partition coefficient (Wildman–Crippen LogP) is 10.6. The molecular formula is C41H28F2N2. The average molecular weight is 587 g/mol. The van der Waals surface area contributed by atoms with Crippen LogP contribution < -0.4 is 0 Å². The quantitative estimate of drug-likeness (QED) is 0.195. The van der Waals surface area contributed by atoms with Gasteiger partial charge in [0.1, 0.15) is 11.6 Å². The molecule has 0 saturated carbocycles. The summed E-state index contributed by atoms with van der Waals surface area (Å²) in [6, 6.07) is 41.0. The molecule has 0 spiro atoms. The molecule has 45 heavy (non-hydrogen) atoms. The van der Waals surface area contributed by atoms with E-state index < -0.39 is 0 Å². The fraction of sp³-hybridized carbons (Fsp3) is 0.0732. The Hall–Kier alpha value is -5.84. The molecule has 0 aliphatic rings. The standard InChI is InChI=1S/C41H28F2N2/c1-26-19-34(36-15-17-38(40(42)22-36)30-7-3-28(24-44)4-8-30)13-11-32(26)21-33-12-14-35(20-27(33)2)37-16-18-39(41(43)23-37)31-9-5-29(25-45)6-10-31/h3-20,22-23H,21H2,1-2H3. The van der Waals surface area contributed by atoms with Gasteiger partial charge in [-0.15, -0.1) is 0 Å². The van der Waals surface area contributed by atoms with Gasteiger partial charge < -0.3 is 0 Å². The molecule has 0 saturated heterocycles. The van der Waals surface area contributed by atoms with Gasteiger partial charge in [0.25, 0.3) is 0 Å². The van der Waals surface area contributed by atoms with E-state index in [2.05, 4.69) is 50.3 Å². The van der Waals surface area contributed by atoms with E-state index in [4.69, 9.17) is 10.5 Å². The minimum Gasteiger partial charge on any atom is -0.206 e. The Morgan fingerprint density at radius 2 is 0.778 bits per heavy atom. The smallest absolute Gasteiger partial charge is 0.131 e. The van der Waals surface area contributed by atoms with Gasteiger partial charge in [-0.1, -0.05) is 84.9 Å². The summed E-state index contributed by atoms with van der Waals surface area (Å²) in [4.78, 5) is 0. The minimum atomic E-state index is -0.307. The lowest BCUT2D eigenvalue weighted by Crippen LogP contribution is -1.96. The molecule has 4 heteroatoms. The normalized spacial score (nSPS) is 10.7. The van der Waals surface area contributed by atoms with Crippen molar-refractivity contribution in [2.75, 3.05) is 0 Å². The number of rotatable bonds is 6. The van der Waals surface area contributed by atoms with E-state index >= 15 is 8.78 Å². The Morgan fingerprint density at radius 1 is 0.444 bits per heavy atom. The average Bonchev–Trinajstić information content (AvgIpc) is 3.06. The molecule has 0 amide bonds. The summed E-state index contributed by atoms with van der Waals surface area (Å²) in [5, 5.41) is 18.0. The SMILES string of the molecule is Cc1cc(-c2ccc(-c3ccc(C#N)cc3)c(F)c2)ccc1Cc1ccc(-c2ccc(-c3ccc(C#N)cc3)c(F)c2)cc1C. The molecular weight excluding hydrogens is 558 g/mol. The van der Waals surface area contributed by atoms with Gasteiger partial charge in [0.2, 0.25) is 0 Å². The summed E-state index contributed by atoms with van der Waals surface area (Å²) in [7, 11) is 0. The Morgan fingerprint density at radius 3 is 1.11 bits per heavy atom. The van der Waals surface area contributed by atoms with Crippen molar-refractivity contribution in [3.05, 3.63) is 166 Å². The van der Waals surface area contributed by atoms with Crippen molar-refractivity contribution in [1.82, 2.24) is 0 Å². The maximum absolute atomic E-state index is 15.1. The molecule has 0 N–H and O–H groups in total. The van der Waals surface area contributed by atoms with E-state index in [9.17, 15) is 0 Å². The highest BCUT2D eigenvalue weighted by molar-refractivity contribution is 5.73. The Kier molecular flexibility index (Phi) is 8.06. The molecule has 0 bridgehead atoms. The highest BCUT2D eigenvalue weighted by atomic mass is 19.1. The first-order valence-electron chi connectivity index (χ1n) is 14.6. The maximum atomic E-state index is 15.1. The molecule has 0 atom stereocenters. The third kappa shape index (κ3) is 6.14. The summed E-state index contributed by atoms with van der Waals surface area (Å²) in [6.45, 7) is 4.14. The molecule has 0 aromatic heterocycles. The zero-order valence-electron chi connectivity index (χ0n) is 24.9. The lowest BCUT2D eigenvalue weighted by atomic mass is 9.92. The molecule has 6 rings (SSSR count). The lowest BCUT2D eigenvalue weighted by Gasteiger charge is -2.13. The van der Waals surface area contributed by atoms with Crippen LogP contribution in [-0.4, -0.2) is 0 Å². The first-order chi connectivity index (χ1) is 21.8. The number of halogens is 2. The van der Waals surface area contributed by atoms with E-state index in [0.717, 1.165) is 50.9 Å². The van der Waals surface area contributed by atoms with Crippen LogP contribution >= 0.6 is 0 Å². The first-order valence-corrected chi connectivity index (χ1v) is 14.6. The summed E-state index contributed by atoms with van der Waals surface area (Å²) in [6.07, 6.45) is 0.746. The van der Waals surface area contributed by atoms with Crippen LogP contribution in [0.5, 0.6) is 0 Å². The second-order valence-corrected chi connectivity index (χ2v) is 11.2. The molecule has 0 aliphatic heterocycles. The molecule has 0 aliphatic carbocycles. The van der Waals surface area contributed by atoms with Gasteiger partial charge in [0, 0.05) is 11.1 Å². The number of aryl methyl sites for hydroxylation is 2.